The van der Waals surface area contributed by atoms with E-state index in [2.05, 4.69) is 23.2 Å². The van der Waals surface area contributed by atoms with Crippen LogP contribution in [0.15, 0.2) is 24.3 Å². The molecule has 3 rings (SSSR count). The summed E-state index contributed by atoms with van der Waals surface area (Å²) in [6.45, 7) is 6.33. The van der Waals surface area contributed by atoms with Gasteiger partial charge in [-0.05, 0) is 18.1 Å². The van der Waals surface area contributed by atoms with E-state index in [9.17, 15) is 4.79 Å². The van der Waals surface area contributed by atoms with Gasteiger partial charge in [-0.15, -0.1) is 0 Å². The number of ether oxygens (including phenoxy) is 1. The van der Waals surface area contributed by atoms with E-state index < -0.39 is 0 Å². The zero-order chi connectivity index (χ0) is 15.4. The molecule has 2 saturated heterocycles. The molecule has 2 aliphatic rings. The number of benzene rings is 1. The SMILES string of the molecule is CC1(c2ccccc2NC=O)COC(CN2CCSCC2)C1. The average molecular weight is 320 g/mol. The number of nitrogens with zero attached hydrogens (tertiary/aromatic N) is 1. The van der Waals surface area contributed by atoms with Crippen LogP contribution in [-0.4, -0.2) is 55.2 Å². The summed E-state index contributed by atoms with van der Waals surface area (Å²) >= 11 is 2.04. The third-order valence-electron chi connectivity index (χ3n) is 4.67. The van der Waals surface area contributed by atoms with Crippen molar-refractivity contribution in [1.82, 2.24) is 4.90 Å². The number of amides is 1. The Labute approximate surface area is 136 Å². The third-order valence-corrected chi connectivity index (χ3v) is 5.62. The monoisotopic (exact) mass is 320 g/mol. The number of carbonyl (C=O) groups is 1. The molecule has 5 heteroatoms. The summed E-state index contributed by atoms with van der Waals surface area (Å²) in [4.78, 5) is 13.3. The number of carbonyl (C=O) groups excluding carboxylic acids is 1. The predicted octanol–water partition coefficient (Wildman–Crippen LogP) is 2.35. The van der Waals surface area contributed by atoms with Crippen LogP contribution in [0.3, 0.4) is 0 Å². The first-order valence-corrected chi connectivity index (χ1v) is 9.08. The van der Waals surface area contributed by atoms with Gasteiger partial charge in [0.05, 0.1) is 12.7 Å². The summed E-state index contributed by atoms with van der Waals surface area (Å²) in [5.74, 6) is 2.46. The summed E-state index contributed by atoms with van der Waals surface area (Å²) in [7, 11) is 0. The first kappa shape index (κ1) is 15.8. The molecule has 0 saturated carbocycles. The minimum atomic E-state index is -0.0260. The molecule has 1 amide bonds. The fraction of sp³-hybridized carbons (Fsp3) is 0.588. The lowest BCUT2D eigenvalue weighted by Crippen LogP contribution is -2.38. The second-order valence-electron chi connectivity index (χ2n) is 6.42. The van der Waals surface area contributed by atoms with Crippen molar-refractivity contribution in [1.29, 1.82) is 0 Å². The highest BCUT2D eigenvalue weighted by Gasteiger charge is 2.39. The van der Waals surface area contributed by atoms with Crippen molar-refractivity contribution in [3.8, 4) is 0 Å². The van der Waals surface area contributed by atoms with Gasteiger partial charge in [0.2, 0.25) is 6.41 Å². The minimum absolute atomic E-state index is 0.0260. The molecule has 0 bridgehead atoms. The molecule has 0 radical (unpaired) electrons. The molecule has 0 aliphatic carbocycles. The second-order valence-corrected chi connectivity index (χ2v) is 7.64. The Morgan fingerprint density at radius 2 is 2.18 bits per heavy atom. The quantitative estimate of drug-likeness (QED) is 0.846. The molecule has 2 unspecified atom stereocenters. The van der Waals surface area contributed by atoms with Crippen LogP contribution in [0.5, 0.6) is 0 Å². The first-order chi connectivity index (χ1) is 10.7. The third kappa shape index (κ3) is 3.47. The summed E-state index contributed by atoms with van der Waals surface area (Å²) in [5.41, 5.74) is 2.05. The predicted molar refractivity (Wildman–Crippen MR) is 91.6 cm³/mol. The fourth-order valence-electron chi connectivity index (χ4n) is 3.50. The zero-order valence-corrected chi connectivity index (χ0v) is 13.9. The maximum Gasteiger partial charge on any atom is 0.211 e. The Kier molecular flexibility index (Phi) is 5.06. The maximum atomic E-state index is 10.8. The van der Waals surface area contributed by atoms with E-state index in [-0.39, 0.29) is 11.5 Å². The van der Waals surface area contributed by atoms with Crippen LogP contribution >= 0.6 is 11.8 Å². The van der Waals surface area contributed by atoms with Gasteiger partial charge < -0.3 is 10.1 Å². The number of anilines is 1. The summed E-state index contributed by atoms with van der Waals surface area (Å²) in [6.07, 6.45) is 2.05. The number of thioether (sulfide) groups is 1. The number of hydrogen-bond donors (Lipinski definition) is 1. The molecule has 0 aromatic heterocycles. The molecule has 1 N–H and O–H groups in total. The molecule has 2 heterocycles. The van der Waals surface area contributed by atoms with E-state index in [0.717, 1.165) is 31.7 Å². The minimum Gasteiger partial charge on any atom is -0.376 e. The number of hydrogen-bond acceptors (Lipinski definition) is 4. The zero-order valence-electron chi connectivity index (χ0n) is 13.1. The number of rotatable bonds is 5. The van der Waals surface area contributed by atoms with Crippen LogP contribution < -0.4 is 5.32 Å². The molecular weight excluding hydrogens is 296 g/mol. The lowest BCUT2D eigenvalue weighted by atomic mass is 9.79. The van der Waals surface area contributed by atoms with Gasteiger partial charge in [0.25, 0.3) is 0 Å². The summed E-state index contributed by atoms with van der Waals surface area (Å²) in [6, 6.07) is 8.06. The van der Waals surface area contributed by atoms with Gasteiger partial charge in [-0.25, -0.2) is 0 Å². The Hall–Kier alpha value is -1.04. The van der Waals surface area contributed by atoms with Crippen molar-refractivity contribution in [2.24, 2.45) is 0 Å². The Morgan fingerprint density at radius 1 is 1.41 bits per heavy atom. The first-order valence-electron chi connectivity index (χ1n) is 7.93. The van der Waals surface area contributed by atoms with Crippen molar-refractivity contribution in [3.63, 3.8) is 0 Å². The van der Waals surface area contributed by atoms with Crippen LogP contribution in [0, 0.1) is 0 Å². The van der Waals surface area contributed by atoms with Gasteiger partial charge in [-0.3, -0.25) is 9.69 Å². The van der Waals surface area contributed by atoms with E-state index in [1.54, 1.807) is 0 Å². The van der Waals surface area contributed by atoms with Crippen molar-refractivity contribution in [2.45, 2.75) is 24.9 Å². The normalized spacial score (nSPS) is 29.4. The molecule has 2 fully saturated rings. The van der Waals surface area contributed by atoms with Crippen LogP contribution in [0.4, 0.5) is 5.69 Å². The molecule has 1 aromatic rings. The highest BCUT2D eigenvalue weighted by atomic mass is 32.2. The lowest BCUT2D eigenvalue weighted by molar-refractivity contribution is -0.105. The topological polar surface area (TPSA) is 41.6 Å². The van der Waals surface area contributed by atoms with Crippen LogP contribution in [0.1, 0.15) is 18.9 Å². The number of nitrogens with one attached hydrogen (secondary N) is 1. The fourth-order valence-corrected chi connectivity index (χ4v) is 4.48. The van der Waals surface area contributed by atoms with Crippen molar-refractivity contribution < 1.29 is 9.53 Å². The van der Waals surface area contributed by atoms with Gasteiger partial charge >= 0.3 is 0 Å². The average Bonchev–Trinajstić information content (AvgIpc) is 2.91. The van der Waals surface area contributed by atoms with Crippen LogP contribution in [0.25, 0.3) is 0 Å². The molecule has 1 aromatic carbocycles. The smallest absolute Gasteiger partial charge is 0.211 e. The highest BCUT2D eigenvalue weighted by Crippen LogP contribution is 2.39. The standard InChI is InChI=1S/C17H24N2O2S/c1-17(15-4-2-3-5-16(15)18-13-20)10-14(21-12-17)11-19-6-8-22-9-7-19/h2-5,13-14H,6-12H2,1H3,(H,18,20). The molecule has 0 spiro atoms. The molecule has 22 heavy (non-hydrogen) atoms. The van der Waals surface area contributed by atoms with Crippen LogP contribution in [0.2, 0.25) is 0 Å². The van der Waals surface area contributed by atoms with E-state index in [1.807, 2.05) is 30.0 Å². The van der Waals surface area contributed by atoms with Gasteiger partial charge in [-0.2, -0.15) is 11.8 Å². The Bertz CT molecular complexity index is 519. The molecule has 4 nitrogen and oxygen atoms in total. The highest BCUT2D eigenvalue weighted by molar-refractivity contribution is 7.99. The van der Waals surface area contributed by atoms with Crippen molar-refractivity contribution >= 4 is 23.9 Å². The van der Waals surface area contributed by atoms with Gasteiger partial charge in [-0.1, -0.05) is 25.1 Å². The van der Waals surface area contributed by atoms with Crippen molar-refractivity contribution in [3.05, 3.63) is 29.8 Å². The maximum absolute atomic E-state index is 10.8. The molecular formula is C17H24N2O2S. The van der Waals surface area contributed by atoms with Gasteiger partial charge in [0, 0.05) is 42.2 Å². The lowest BCUT2D eigenvalue weighted by Gasteiger charge is -2.29. The molecule has 120 valence electrons. The Morgan fingerprint density at radius 3 is 2.95 bits per heavy atom. The molecule has 2 aliphatic heterocycles. The Balaban J connectivity index is 1.68. The van der Waals surface area contributed by atoms with Gasteiger partial charge in [0.1, 0.15) is 0 Å². The van der Waals surface area contributed by atoms with Gasteiger partial charge in [0.15, 0.2) is 0 Å². The van der Waals surface area contributed by atoms with E-state index in [1.165, 1.54) is 30.2 Å². The largest absolute Gasteiger partial charge is 0.376 e. The summed E-state index contributed by atoms with van der Waals surface area (Å²) < 4.78 is 6.09. The van der Waals surface area contributed by atoms with E-state index in [0.29, 0.717) is 0 Å². The van der Waals surface area contributed by atoms with Crippen LogP contribution in [-0.2, 0) is 14.9 Å². The van der Waals surface area contributed by atoms with Crippen molar-refractivity contribution in [2.75, 3.05) is 43.1 Å². The summed E-state index contributed by atoms with van der Waals surface area (Å²) in [5, 5.41) is 2.83. The second kappa shape index (κ2) is 7.02. The number of para-hydroxylation sites is 1. The molecule has 2 atom stereocenters. The van der Waals surface area contributed by atoms with E-state index in [4.69, 9.17) is 4.74 Å². The van der Waals surface area contributed by atoms with E-state index >= 15 is 0 Å².